The maximum atomic E-state index is 12.6. The predicted molar refractivity (Wildman–Crippen MR) is 88.9 cm³/mol. The van der Waals surface area contributed by atoms with Gasteiger partial charge in [0.05, 0.1) is 6.54 Å². The van der Waals surface area contributed by atoms with Crippen LogP contribution in [0.5, 0.6) is 0 Å². The van der Waals surface area contributed by atoms with Crippen LogP contribution in [0.2, 0.25) is 0 Å². The highest BCUT2D eigenvalue weighted by atomic mass is 16.2. The normalized spacial score (nSPS) is 19.2. The molecule has 0 saturated heterocycles. The lowest BCUT2D eigenvalue weighted by molar-refractivity contribution is -0.141. The van der Waals surface area contributed by atoms with Crippen molar-refractivity contribution in [3.05, 3.63) is 48.0 Å². The van der Waals surface area contributed by atoms with Gasteiger partial charge < -0.3 is 15.5 Å². The third-order valence-electron chi connectivity index (χ3n) is 4.39. The number of benzene rings is 1. The lowest BCUT2D eigenvalue weighted by atomic mass is 9.93. The van der Waals surface area contributed by atoms with Crippen molar-refractivity contribution in [2.24, 2.45) is 0 Å². The Balaban J connectivity index is 1.76. The Morgan fingerprint density at radius 2 is 1.92 bits per heavy atom. The summed E-state index contributed by atoms with van der Waals surface area (Å²) in [7, 11) is 0. The Bertz CT molecular complexity index is 682. The van der Waals surface area contributed by atoms with E-state index in [0.717, 1.165) is 30.0 Å². The molecule has 0 radical (unpaired) electrons. The molecule has 0 unspecified atom stereocenters. The van der Waals surface area contributed by atoms with Gasteiger partial charge in [0.2, 0.25) is 17.7 Å². The number of rotatable bonds is 5. The molecule has 6 nitrogen and oxygen atoms in total. The van der Waals surface area contributed by atoms with Crippen LogP contribution >= 0.6 is 0 Å². The highest BCUT2D eigenvalue weighted by Gasteiger charge is 2.36. The topological polar surface area (TPSA) is 78.5 Å². The molecule has 2 N–H and O–H groups in total. The van der Waals surface area contributed by atoms with E-state index in [1.807, 2.05) is 24.3 Å². The van der Waals surface area contributed by atoms with Crippen LogP contribution in [0.25, 0.3) is 0 Å². The Hall–Kier alpha value is -2.63. The largest absolute Gasteiger partial charge is 0.352 e. The summed E-state index contributed by atoms with van der Waals surface area (Å²) >= 11 is 0. The number of hydrogen-bond donors (Lipinski definition) is 2. The Morgan fingerprint density at radius 3 is 2.58 bits per heavy atom. The van der Waals surface area contributed by atoms with Crippen molar-refractivity contribution in [3.8, 4) is 0 Å². The van der Waals surface area contributed by atoms with Crippen molar-refractivity contribution in [2.45, 2.75) is 37.9 Å². The molecule has 0 aromatic heterocycles. The summed E-state index contributed by atoms with van der Waals surface area (Å²) < 4.78 is 0. The van der Waals surface area contributed by atoms with Gasteiger partial charge >= 0.3 is 0 Å². The van der Waals surface area contributed by atoms with Crippen LogP contribution in [0.3, 0.4) is 0 Å². The van der Waals surface area contributed by atoms with E-state index in [9.17, 15) is 14.4 Å². The molecular formula is C18H21N3O3. The molecule has 3 rings (SSSR count). The smallest absolute Gasteiger partial charge is 0.243 e. The summed E-state index contributed by atoms with van der Waals surface area (Å²) in [5.74, 6) is -0.786. The average molecular weight is 327 g/mol. The zero-order chi connectivity index (χ0) is 17.1. The first-order valence-corrected chi connectivity index (χ1v) is 8.15. The Kier molecular flexibility index (Phi) is 4.64. The molecule has 1 atom stereocenters. The second kappa shape index (κ2) is 6.86. The third-order valence-corrected chi connectivity index (χ3v) is 4.39. The fraction of sp³-hybridized carbons (Fsp3) is 0.389. The van der Waals surface area contributed by atoms with Gasteiger partial charge in [-0.3, -0.25) is 14.4 Å². The van der Waals surface area contributed by atoms with Crippen LogP contribution < -0.4 is 10.6 Å². The number of carbonyl (C=O) groups is 3. The van der Waals surface area contributed by atoms with E-state index in [4.69, 9.17) is 0 Å². The summed E-state index contributed by atoms with van der Waals surface area (Å²) in [6.07, 6.45) is 3.61. The number of nitrogens with one attached hydrogen (secondary N) is 2. The second-order valence-corrected chi connectivity index (χ2v) is 6.22. The standard InChI is InChI=1S/C18H21N3O3/c1-2-16(22)19-10-17(23)21-11-13-6-4-3-5-12(13)9-15(21)18(24)20-14-7-8-14/h2-6,14-15H,1,7-11H2,(H,19,22)(H,20,24)/t15-/m1/s1. The van der Waals surface area contributed by atoms with Gasteiger partial charge in [0, 0.05) is 19.0 Å². The number of carbonyl (C=O) groups excluding carboxylic acids is 3. The first kappa shape index (κ1) is 16.2. The molecule has 1 aromatic rings. The molecule has 0 bridgehead atoms. The van der Waals surface area contributed by atoms with Crippen LogP contribution in [0.15, 0.2) is 36.9 Å². The third kappa shape index (κ3) is 3.64. The van der Waals surface area contributed by atoms with Crippen molar-refractivity contribution in [1.29, 1.82) is 0 Å². The van der Waals surface area contributed by atoms with E-state index >= 15 is 0 Å². The highest BCUT2D eigenvalue weighted by Crippen LogP contribution is 2.25. The monoisotopic (exact) mass is 327 g/mol. The van der Waals surface area contributed by atoms with Gasteiger partial charge in [0.25, 0.3) is 0 Å². The lowest BCUT2D eigenvalue weighted by Crippen LogP contribution is -2.54. The van der Waals surface area contributed by atoms with Gasteiger partial charge in [0.1, 0.15) is 6.04 Å². The minimum atomic E-state index is -0.534. The van der Waals surface area contributed by atoms with Crippen molar-refractivity contribution in [2.75, 3.05) is 6.54 Å². The zero-order valence-corrected chi connectivity index (χ0v) is 13.5. The molecule has 3 amide bonds. The van der Waals surface area contributed by atoms with Crippen LogP contribution in [0, 0.1) is 0 Å². The van der Waals surface area contributed by atoms with Crippen LogP contribution in [0.1, 0.15) is 24.0 Å². The van der Waals surface area contributed by atoms with E-state index in [2.05, 4.69) is 17.2 Å². The van der Waals surface area contributed by atoms with E-state index in [0.29, 0.717) is 13.0 Å². The lowest BCUT2D eigenvalue weighted by Gasteiger charge is -2.36. The molecule has 1 aliphatic carbocycles. The SMILES string of the molecule is C=CC(=O)NCC(=O)N1Cc2ccccc2C[C@@H]1C(=O)NC1CC1. The molecular weight excluding hydrogens is 306 g/mol. The van der Waals surface area contributed by atoms with E-state index in [-0.39, 0.29) is 24.4 Å². The summed E-state index contributed by atoms with van der Waals surface area (Å²) in [5, 5.41) is 5.47. The number of nitrogens with zero attached hydrogens (tertiary/aromatic N) is 1. The predicted octanol–water partition coefficient (Wildman–Crippen LogP) is 0.521. The Morgan fingerprint density at radius 1 is 1.21 bits per heavy atom. The first-order chi connectivity index (χ1) is 11.6. The first-order valence-electron chi connectivity index (χ1n) is 8.15. The van der Waals surface area contributed by atoms with Crippen molar-refractivity contribution >= 4 is 17.7 Å². The quantitative estimate of drug-likeness (QED) is 0.774. The maximum Gasteiger partial charge on any atom is 0.243 e. The molecule has 1 heterocycles. The van der Waals surface area contributed by atoms with Gasteiger partial charge in [-0.25, -0.2) is 0 Å². The highest BCUT2D eigenvalue weighted by molar-refractivity contribution is 5.93. The van der Waals surface area contributed by atoms with Gasteiger partial charge in [-0.2, -0.15) is 0 Å². The van der Waals surface area contributed by atoms with E-state index in [1.165, 1.54) is 0 Å². The molecule has 1 saturated carbocycles. The Labute approximate surface area is 140 Å². The van der Waals surface area contributed by atoms with Gasteiger partial charge in [0.15, 0.2) is 0 Å². The fourth-order valence-electron chi connectivity index (χ4n) is 2.88. The summed E-state index contributed by atoms with van der Waals surface area (Å²) in [4.78, 5) is 37.9. The van der Waals surface area contributed by atoms with Crippen LogP contribution in [0.4, 0.5) is 0 Å². The molecule has 2 aliphatic rings. The summed E-state index contributed by atoms with van der Waals surface area (Å²) in [6.45, 7) is 3.60. The number of hydrogen-bond acceptors (Lipinski definition) is 3. The molecule has 1 aromatic carbocycles. The average Bonchev–Trinajstić information content (AvgIpc) is 3.42. The molecule has 126 valence electrons. The van der Waals surface area contributed by atoms with Gasteiger partial charge in [-0.1, -0.05) is 30.8 Å². The second-order valence-electron chi connectivity index (χ2n) is 6.22. The van der Waals surface area contributed by atoms with Crippen molar-refractivity contribution in [3.63, 3.8) is 0 Å². The minimum absolute atomic E-state index is 0.115. The van der Waals surface area contributed by atoms with Crippen molar-refractivity contribution in [1.82, 2.24) is 15.5 Å². The number of amides is 3. The fourth-order valence-corrected chi connectivity index (χ4v) is 2.88. The molecule has 6 heteroatoms. The maximum absolute atomic E-state index is 12.6. The molecule has 24 heavy (non-hydrogen) atoms. The van der Waals surface area contributed by atoms with Gasteiger partial charge in [-0.15, -0.1) is 0 Å². The van der Waals surface area contributed by atoms with Crippen molar-refractivity contribution < 1.29 is 14.4 Å². The minimum Gasteiger partial charge on any atom is -0.352 e. The number of fused-ring (bicyclic) bond motifs is 1. The molecule has 1 fully saturated rings. The summed E-state index contributed by atoms with van der Waals surface area (Å²) in [6, 6.07) is 7.53. The van der Waals surface area contributed by atoms with Gasteiger partial charge in [-0.05, 0) is 30.0 Å². The molecule has 1 aliphatic heterocycles. The van der Waals surface area contributed by atoms with Crippen LogP contribution in [-0.4, -0.2) is 41.2 Å². The summed E-state index contributed by atoms with van der Waals surface area (Å²) in [5.41, 5.74) is 2.13. The van der Waals surface area contributed by atoms with Crippen LogP contribution in [-0.2, 0) is 27.3 Å². The van der Waals surface area contributed by atoms with E-state index < -0.39 is 11.9 Å². The zero-order valence-electron chi connectivity index (χ0n) is 13.5. The molecule has 0 spiro atoms. The van der Waals surface area contributed by atoms with E-state index in [1.54, 1.807) is 4.90 Å².